The largest absolute Gasteiger partial charge is 0.481 e. The Kier molecular flexibility index (Phi) is 20.8. The maximum atomic E-state index is 11.4. The van der Waals surface area contributed by atoms with Crippen LogP contribution in [0.15, 0.2) is 0 Å². The molecule has 188 valence electrons. The van der Waals surface area contributed by atoms with Gasteiger partial charge in [0.1, 0.15) is 5.60 Å². The molecule has 0 aromatic rings. The van der Waals surface area contributed by atoms with Gasteiger partial charge in [-0.2, -0.15) is 0 Å². The number of carbonyl (C=O) groups excluding carboxylic acids is 1. The predicted octanol–water partition coefficient (Wildman–Crippen LogP) is 5.81. The lowest BCUT2D eigenvalue weighted by Crippen LogP contribution is -2.23. The van der Waals surface area contributed by atoms with Crippen molar-refractivity contribution in [3.8, 4) is 0 Å². The minimum absolute atomic E-state index is 0.131. The number of aliphatic carboxylic acids is 3. The number of hydrogen-bond donors (Lipinski definition) is 3. The molecule has 0 amide bonds. The molecule has 0 unspecified atom stereocenters. The number of carbonyl (C=O) groups is 4. The van der Waals surface area contributed by atoms with Crippen molar-refractivity contribution < 1.29 is 39.2 Å². The van der Waals surface area contributed by atoms with Crippen molar-refractivity contribution in [3.63, 3.8) is 0 Å². The number of unbranched alkanes of at least 4 members (excludes halogenated alkanes) is 10. The molecular formula is C24H44O8. The van der Waals surface area contributed by atoms with Crippen LogP contribution in [0, 0.1) is 0 Å². The van der Waals surface area contributed by atoms with Gasteiger partial charge in [0, 0.05) is 25.7 Å². The van der Waals surface area contributed by atoms with E-state index < -0.39 is 23.5 Å². The van der Waals surface area contributed by atoms with Gasteiger partial charge in [0.15, 0.2) is 0 Å². The lowest BCUT2D eigenvalue weighted by atomic mass is 10.1. The predicted molar refractivity (Wildman–Crippen MR) is 123 cm³/mol. The van der Waals surface area contributed by atoms with Crippen molar-refractivity contribution in [2.24, 2.45) is 0 Å². The van der Waals surface area contributed by atoms with Crippen LogP contribution in [0.4, 0.5) is 0 Å². The van der Waals surface area contributed by atoms with Gasteiger partial charge in [-0.15, -0.1) is 0 Å². The molecular weight excluding hydrogens is 416 g/mol. The molecule has 0 radical (unpaired) electrons. The molecule has 0 aromatic carbocycles. The maximum Gasteiger partial charge on any atom is 0.306 e. The van der Waals surface area contributed by atoms with Crippen LogP contribution in [0.3, 0.4) is 0 Å². The first-order valence-electron chi connectivity index (χ1n) is 11.8. The van der Waals surface area contributed by atoms with Crippen LogP contribution >= 0.6 is 0 Å². The molecule has 32 heavy (non-hydrogen) atoms. The minimum Gasteiger partial charge on any atom is -0.481 e. The van der Waals surface area contributed by atoms with Crippen LogP contribution < -0.4 is 0 Å². The van der Waals surface area contributed by atoms with E-state index >= 15 is 0 Å². The van der Waals surface area contributed by atoms with Gasteiger partial charge in [0.2, 0.25) is 0 Å². The monoisotopic (exact) mass is 460 g/mol. The summed E-state index contributed by atoms with van der Waals surface area (Å²) in [6.07, 6.45) is 12.2. The Labute approximate surface area is 192 Å². The highest BCUT2D eigenvalue weighted by Crippen LogP contribution is 2.12. The number of carboxylic acids is 3. The van der Waals surface area contributed by atoms with Gasteiger partial charge in [-0.1, -0.05) is 51.4 Å². The molecule has 0 rings (SSSR count). The molecule has 0 saturated carbocycles. The van der Waals surface area contributed by atoms with E-state index in [-0.39, 0.29) is 25.2 Å². The fourth-order valence-corrected chi connectivity index (χ4v) is 2.90. The minimum atomic E-state index is -0.740. The molecule has 0 spiro atoms. The summed E-state index contributed by atoms with van der Waals surface area (Å²) >= 11 is 0. The Morgan fingerprint density at radius 1 is 0.500 bits per heavy atom. The molecule has 0 bridgehead atoms. The summed E-state index contributed by atoms with van der Waals surface area (Å²) in [5.41, 5.74) is -0.395. The Hall–Kier alpha value is -2.12. The second kappa shape index (κ2) is 20.8. The van der Waals surface area contributed by atoms with E-state index in [1.165, 1.54) is 0 Å². The molecule has 0 aromatic heterocycles. The molecule has 0 fully saturated rings. The fourth-order valence-electron chi connectivity index (χ4n) is 2.90. The number of ether oxygens (including phenoxy) is 1. The molecule has 0 aliphatic heterocycles. The average Bonchev–Trinajstić information content (AvgIpc) is 2.64. The quantitative estimate of drug-likeness (QED) is 0.172. The van der Waals surface area contributed by atoms with Crippen molar-refractivity contribution in [3.05, 3.63) is 0 Å². The second-order valence-electron chi connectivity index (χ2n) is 9.01. The summed E-state index contributed by atoms with van der Waals surface area (Å²) < 4.78 is 5.20. The van der Waals surface area contributed by atoms with Crippen LogP contribution in [0.2, 0.25) is 0 Å². The fraction of sp³-hybridized carbons (Fsp3) is 0.833. The number of rotatable bonds is 18. The molecule has 0 aliphatic carbocycles. The van der Waals surface area contributed by atoms with Gasteiger partial charge in [-0.3, -0.25) is 19.2 Å². The number of carboxylic acid groups (broad SMARTS) is 3. The zero-order valence-corrected chi connectivity index (χ0v) is 20.2. The summed E-state index contributed by atoms with van der Waals surface area (Å²) in [5.74, 6) is -2.33. The van der Waals surface area contributed by atoms with E-state index in [0.29, 0.717) is 6.42 Å². The molecule has 0 aliphatic rings. The Bertz CT molecular complexity index is 503. The highest BCUT2D eigenvalue weighted by atomic mass is 16.6. The van der Waals surface area contributed by atoms with Gasteiger partial charge in [0.05, 0.1) is 0 Å². The summed E-state index contributed by atoms with van der Waals surface area (Å²) in [4.78, 5) is 41.9. The third-order valence-corrected chi connectivity index (χ3v) is 4.47. The highest BCUT2D eigenvalue weighted by molar-refractivity contribution is 5.69. The first kappa shape index (κ1) is 32.1. The summed E-state index contributed by atoms with van der Waals surface area (Å²) in [6.45, 7) is 5.61. The van der Waals surface area contributed by atoms with Crippen LogP contribution in [-0.2, 0) is 23.9 Å². The zero-order valence-electron chi connectivity index (χ0n) is 20.2. The third kappa shape index (κ3) is 32.5. The van der Waals surface area contributed by atoms with E-state index in [1.54, 1.807) is 0 Å². The summed E-state index contributed by atoms with van der Waals surface area (Å²) in [5, 5.41) is 25.2. The standard InChI is InChI=1S/C14H26O4.C10H18O4/c1-14(2,3)18-13(17)11-9-7-5-4-6-8-10-12(15)16;11-9(12)7-5-3-1-2-4-6-8-10(13)14/h4-11H2,1-3H3,(H,15,16);1-8H2,(H,11,12)(H,13,14). The van der Waals surface area contributed by atoms with E-state index in [9.17, 15) is 19.2 Å². The van der Waals surface area contributed by atoms with Gasteiger partial charge in [-0.25, -0.2) is 0 Å². The second-order valence-corrected chi connectivity index (χ2v) is 9.01. The molecule has 8 nitrogen and oxygen atoms in total. The average molecular weight is 461 g/mol. The Morgan fingerprint density at radius 2 is 0.750 bits per heavy atom. The van der Waals surface area contributed by atoms with E-state index in [4.69, 9.17) is 20.1 Å². The van der Waals surface area contributed by atoms with E-state index in [2.05, 4.69) is 0 Å². The first-order valence-corrected chi connectivity index (χ1v) is 11.8. The van der Waals surface area contributed by atoms with E-state index in [0.717, 1.165) is 77.0 Å². The highest BCUT2D eigenvalue weighted by Gasteiger charge is 2.15. The smallest absolute Gasteiger partial charge is 0.306 e. The lowest BCUT2D eigenvalue weighted by molar-refractivity contribution is -0.155. The van der Waals surface area contributed by atoms with Gasteiger partial charge >= 0.3 is 23.9 Å². The van der Waals surface area contributed by atoms with Crippen LogP contribution in [0.1, 0.15) is 124 Å². The van der Waals surface area contributed by atoms with Crippen molar-refractivity contribution in [1.82, 2.24) is 0 Å². The number of hydrogen-bond acceptors (Lipinski definition) is 5. The van der Waals surface area contributed by atoms with E-state index in [1.807, 2.05) is 20.8 Å². The molecule has 3 N–H and O–H groups in total. The molecule has 0 heterocycles. The lowest BCUT2D eigenvalue weighted by Gasteiger charge is -2.19. The van der Waals surface area contributed by atoms with Crippen LogP contribution in [-0.4, -0.2) is 44.8 Å². The number of esters is 1. The van der Waals surface area contributed by atoms with Crippen LogP contribution in [0.5, 0.6) is 0 Å². The SMILES string of the molecule is CC(C)(C)OC(=O)CCCCCCCCC(=O)O.O=C(O)CCCCCCCCC(=O)O. The van der Waals surface area contributed by atoms with Crippen molar-refractivity contribution >= 4 is 23.9 Å². The molecule has 8 heteroatoms. The van der Waals surface area contributed by atoms with Gasteiger partial charge in [0.25, 0.3) is 0 Å². The Balaban J connectivity index is 0. The normalized spacial score (nSPS) is 10.7. The topological polar surface area (TPSA) is 138 Å². The Morgan fingerprint density at radius 3 is 1.00 bits per heavy atom. The maximum absolute atomic E-state index is 11.4. The van der Waals surface area contributed by atoms with Crippen molar-refractivity contribution in [1.29, 1.82) is 0 Å². The van der Waals surface area contributed by atoms with Crippen LogP contribution in [0.25, 0.3) is 0 Å². The van der Waals surface area contributed by atoms with Gasteiger partial charge < -0.3 is 20.1 Å². The van der Waals surface area contributed by atoms with Gasteiger partial charge in [-0.05, 0) is 46.5 Å². The third-order valence-electron chi connectivity index (χ3n) is 4.47. The summed E-state index contributed by atoms with van der Waals surface area (Å²) in [7, 11) is 0. The first-order chi connectivity index (χ1) is 14.9. The van der Waals surface area contributed by atoms with Crippen molar-refractivity contribution in [2.45, 2.75) is 129 Å². The molecule has 0 saturated heterocycles. The van der Waals surface area contributed by atoms with Crippen molar-refractivity contribution in [2.75, 3.05) is 0 Å². The summed E-state index contributed by atoms with van der Waals surface area (Å²) in [6, 6.07) is 0. The molecule has 0 atom stereocenters. The zero-order chi connectivity index (χ0) is 24.8.